The Hall–Kier alpha value is -1.32. The van der Waals surface area contributed by atoms with E-state index in [0.717, 1.165) is 44.0 Å². The predicted molar refractivity (Wildman–Crippen MR) is 71.4 cm³/mol. The number of benzene rings is 1. The molecule has 0 aliphatic heterocycles. The third-order valence-electron chi connectivity index (χ3n) is 4.25. The first kappa shape index (κ1) is 15.1. The average Bonchev–Trinajstić information content (AvgIpc) is 2.45. The SMILES string of the molecule is O=CCCC1CCC(c2ccc(C(F)(F)F)cc2)CC1. The van der Waals surface area contributed by atoms with Crippen LogP contribution in [0.4, 0.5) is 13.2 Å². The lowest BCUT2D eigenvalue weighted by atomic mass is 9.77. The zero-order valence-electron chi connectivity index (χ0n) is 11.3. The number of carbonyl (C=O) groups excluding carboxylic acids is 1. The van der Waals surface area contributed by atoms with E-state index in [4.69, 9.17) is 0 Å². The van der Waals surface area contributed by atoms with Crippen molar-refractivity contribution in [1.29, 1.82) is 0 Å². The number of rotatable bonds is 4. The van der Waals surface area contributed by atoms with E-state index in [2.05, 4.69) is 0 Å². The summed E-state index contributed by atoms with van der Waals surface area (Å²) in [4.78, 5) is 10.4. The topological polar surface area (TPSA) is 17.1 Å². The van der Waals surface area contributed by atoms with Crippen molar-refractivity contribution in [1.82, 2.24) is 0 Å². The van der Waals surface area contributed by atoms with Gasteiger partial charge in [-0.3, -0.25) is 0 Å². The van der Waals surface area contributed by atoms with Crippen molar-refractivity contribution >= 4 is 6.29 Å². The van der Waals surface area contributed by atoms with Gasteiger partial charge in [-0.25, -0.2) is 0 Å². The largest absolute Gasteiger partial charge is 0.416 e. The molecule has 1 fully saturated rings. The van der Waals surface area contributed by atoms with Gasteiger partial charge in [0.25, 0.3) is 0 Å². The van der Waals surface area contributed by atoms with Gasteiger partial charge < -0.3 is 4.79 Å². The van der Waals surface area contributed by atoms with Gasteiger partial charge in [0.1, 0.15) is 6.29 Å². The Morgan fingerprint density at radius 2 is 1.65 bits per heavy atom. The minimum absolute atomic E-state index is 0.366. The van der Waals surface area contributed by atoms with Gasteiger partial charge in [0.05, 0.1) is 5.56 Å². The number of aldehydes is 1. The van der Waals surface area contributed by atoms with E-state index in [9.17, 15) is 18.0 Å². The number of carbonyl (C=O) groups is 1. The van der Waals surface area contributed by atoms with Gasteiger partial charge in [0.15, 0.2) is 0 Å². The van der Waals surface area contributed by atoms with Crippen molar-refractivity contribution in [3.63, 3.8) is 0 Å². The van der Waals surface area contributed by atoms with Gasteiger partial charge in [-0.2, -0.15) is 13.2 Å². The van der Waals surface area contributed by atoms with Crippen LogP contribution in [0.25, 0.3) is 0 Å². The van der Waals surface area contributed by atoms with Crippen molar-refractivity contribution < 1.29 is 18.0 Å². The maximum Gasteiger partial charge on any atom is 0.416 e. The summed E-state index contributed by atoms with van der Waals surface area (Å²) in [6, 6.07) is 5.57. The Morgan fingerprint density at radius 3 is 2.15 bits per heavy atom. The minimum atomic E-state index is -4.26. The van der Waals surface area contributed by atoms with Crippen LogP contribution in [-0.2, 0) is 11.0 Å². The zero-order valence-corrected chi connectivity index (χ0v) is 11.3. The fraction of sp³-hybridized carbons (Fsp3) is 0.562. The summed E-state index contributed by atoms with van der Waals surface area (Å²) in [5.41, 5.74) is 0.424. The van der Waals surface area contributed by atoms with E-state index in [1.165, 1.54) is 12.1 Å². The van der Waals surface area contributed by atoms with Crippen LogP contribution in [0.3, 0.4) is 0 Å². The standard InChI is InChI=1S/C16H19F3O/c17-16(18,19)15-9-7-14(8-10-15)13-5-3-12(4-6-13)2-1-11-20/h7-13H,1-6H2. The van der Waals surface area contributed by atoms with Crippen molar-refractivity contribution in [2.75, 3.05) is 0 Å². The van der Waals surface area contributed by atoms with Gasteiger partial charge in [-0.15, -0.1) is 0 Å². The van der Waals surface area contributed by atoms with Crippen LogP contribution >= 0.6 is 0 Å². The Balaban J connectivity index is 1.92. The third-order valence-corrected chi connectivity index (χ3v) is 4.25. The average molecular weight is 284 g/mol. The molecule has 1 nitrogen and oxygen atoms in total. The highest BCUT2D eigenvalue weighted by molar-refractivity contribution is 5.49. The highest BCUT2D eigenvalue weighted by atomic mass is 19.4. The van der Waals surface area contributed by atoms with Crippen LogP contribution in [0, 0.1) is 5.92 Å². The highest BCUT2D eigenvalue weighted by Crippen LogP contribution is 2.38. The molecule has 4 heteroatoms. The van der Waals surface area contributed by atoms with Crippen LogP contribution in [0.5, 0.6) is 0 Å². The Bertz CT molecular complexity index is 428. The molecular weight excluding hydrogens is 265 g/mol. The van der Waals surface area contributed by atoms with Crippen LogP contribution in [0.15, 0.2) is 24.3 Å². The van der Waals surface area contributed by atoms with Crippen molar-refractivity contribution in [3.05, 3.63) is 35.4 Å². The first-order chi connectivity index (χ1) is 9.50. The molecule has 20 heavy (non-hydrogen) atoms. The Labute approximate surface area is 117 Å². The summed E-state index contributed by atoms with van der Waals surface area (Å²) >= 11 is 0. The number of halogens is 3. The zero-order chi connectivity index (χ0) is 14.6. The molecule has 0 bridgehead atoms. The molecule has 0 radical (unpaired) electrons. The smallest absolute Gasteiger partial charge is 0.303 e. The van der Waals surface area contributed by atoms with Crippen LogP contribution in [0.2, 0.25) is 0 Å². The second-order valence-electron chi connectivity index (χ2n) is 5.58. The third kappa shape index (κ3) is 3.84. The second-order valence-corrected chi connectivity index (χ2v) is 5.58. The second kappa shape index (κ2) is 6.42. The molecule has 0 aromatic heterocycles. The highest BCUT2D eigenvalue weighted by Gasteiger charge is 2.30. The normalized spacial score (nSPS) is 23.6. The molecule has 0 spiro atoms. The van der Waals surface area contributed by atoms with E-state index in [-0.39, 0.29) is 0 Å². The first-order valence-electron chi connectivity index (χ1n) is 7.11. The van der Waals surface area contributed by atoms with Crippen LogP contribution in [-0.4, -0.2) is 6.29 Å². The van der Waals surface area contributed by atoms with Crippen molar-refractivity contribution in [3.8, 4) is 0 Å². The molecule has 1 aliphatic carbocycles. The molecule has 0 atom stereocenters. The van der Waals surface area contributed by atoms with Crippen LogP contribution < -0.4 is 0 Å². The molecule has 0 N–H and O–H groups in total. The predicted octanol–water partition coefficient (Wildman–Crippen LogP) is 4.96. The van der Waals surface area contributed by atoms with E-state index < -0.39 is 11.7 Å². The lowest BCUT2D eigenvalue weighted by Crippen LogP contribution is -2.14. The van der Waals surface area contributed by atoms with Crippen molar-refractivity contribution in [2.24, 2.45) is 5.92 Å². The van der Waals surface area contributed by atoms with E-state index in [1.54, 1.807) is 12.1 Å². The molecule has 2 rings (SSSR count). The molecule has 110 valence electrons. The van der Waals surface area contributed by atoms with E-state index in [1.807, 2.05) is 0 Å². The molecule has 1 aromatic rings. The molecule has 0 heterocycles. The summed E-state index contributed by atoms with van der Waals surface area (Å²) in [7, 11) is 0. The molecule has 0 saturated heterocycles. The monoisotopic (exact) mass is 284 g/mol. The summed E-state index contributed by atoms with van der Waals surface area (Å²) in [6.07, 6.45) is 2.43. The quantitative estimate of drug-likeness (QED) is 0.714. The Morgan fingerprint density at radius 1 is 1.05 bits per heavy atom. The van der Waals surface area contributed by atoms with Crippen molar-refractivity contribution in [2.45, 2.75) is 50.6 Å². The van der Waals surface area contributed by atoms with Gasteiger partial charge in [-0.05, 0) is 61.6 Å². The summed E-state index contributed by atoms with van der Waals surface area (Å²) in [5.74, 6) is 0.968. The first-order valence-corrected chi connectivity index (χ1v) is 7.11. The molecule has 1 saturated carbocycles. The molecule has 1 aliphatic rings. The van der Waals surface area contributed by atoms with E-state index >= 15 is 0 Å². The lowest BCUT2D eigenvalue weighted by molar-refractivity contribution is -0.137. The Kier molecular flexibility index (Phi) is 4.84. The summed E-state index contributed by atoms with van der Waals surface area (Å²) in [6.45, 7) is 0. The summed E-state index contributed by atoms with van der Waals surface area (Å²) in [5, 5.41) is 0. The van der Waals surface area contributed by atoms with Gasteiger partial charge in [0, 0.05) is 6.42 Å². The maximum absolute atomic E-state index is 12.5. The minimum Gasteiger partial charge on any atom is -0.303 e. The molecule has 0 amide bonds. The van der Waals surface area contributed by atoms with Gasteiger partial charge in [-0.1, -0.05) is 12.1 Å². The number of hydrogen-bond acceptors (Lipinski definition) is 1. The number of alkyl halides is 3. The lowest BCUT2D eigenvalue weighted by Gasteiger charge is -2.28. The fourth-order valence-electron chi connectivity index (χ4n) is 3.03. The molecule has 0 unspecified atom stereocenters. The van der Waals surface area contributed by atoms with Gasteiger partial charge in [0.2, 0.25) is 0 Å². The fourth-order valence-corrected chi connectivity index (χ4v) is 3.03. The number of hydrogen-bond donors (Lipinski definition) is 0. The van der Waals surface area contributed by atoms with E-state index in [0.29, 0.717) is 18.3 Å². The van der Waals surface area contributed by atoms with Crippen LogP contribution in [0.1, 0.15) is 55.6 Å². The maximum atomic E-state index is 12.5. The molecule has 1 aromatic carbocycles. The molecular formula is C16H19F3O. The summed E-state index contributed by atoms with van der Waals surface area (Å²) < 4.78 is 37.5. The van der Waals surface area contributed by atoms with Gasteiger partial charge >= 0.3 is 6.18 Å².